The molecular weight excluding hydrogens is 677 g/mol. The Morgan fingerprint density at radius 1 is 0.429 bits per heavy atom. The summed E-state index contributed by atoms with van der Waals surface area (Å²) in [4.78, 5) is 7.40. The number of nitrogens with zero attached hydrogens (tertiary/aromatic N) is 3. The van der Waals surface area contributed by atoms with E-state index in [4.69, 9.17) is 0 Å². The van der Waals surface area contributed by atoms with Gasteiger partial charge in [0.25, 0.3) is 6.71 Å². The number of hydrogen-bond donors (Lipinski definition) is 0. The van der Waals surface area contributed by atoms with Crippen LogP contribution in [0.15, 0.2) is 188 Å². The molecule has 2 aliphatic heterocycles. The molecule has 4 heteroatoms. The lowest BCUT2D eigenvalue weighted by molar-refractivity contribution is 0.660. The molecule has 0 N–H and O–H groups in total. The molecule has 0 aromatic heterocycles. The zero-order chi connectivity index (χ0) is 37.5. The predicted octanol–water partition coefficient (Wildman–Crippen LogP) is 11.9. The van der Waals surface area contributed by atoms with Crippen molar-refractivity contribution < 1.29 is 0 Å². The molecule has 0 unspecified atom stereocenters. The van der Waals surface area contributed by atoms with E-state index >= 15 is 0 Å². The van der Waals surface area contributed by atoms with Gasteiger partial charge < -0.3 is 14.7 Å². The highest BCUT2D eigenvalue weighted by Crippen LogP contribution is 2.52. The zero-order valence-electron chi connectivity index (χ0n) is 31.8. The van der Waals surface area contributed by atoms with Crippen LogP contribution in [-0.4, -0.2) is 6.71 Å². The normalized spacial score (nSPS) is 14.0. The number of para-hydroxylation sites is 4. The van der Waals surface area contributed by atoms with E-state index in [9.17, 15) is 0 Å². The molecule has 0 bridgehead atoms. The van der Waals surface area contributed by atoms with Crippen LogP contribution in [0.25, 0.3) is 11.1 Å². The van der Waals surface area contributed by atoms with Gasteiger partial charge in [-0.05, 0) is 130 Å². The van der Waals surface area contributed by atoms with Crippen molar-refractivity contribution in [1.29, 1.82) is 0 Å². The van der Waals surface area contributed by atoms with Crippen molar-refractivity contribution in [3.05, 3.63) is 205 Å². The standard InChI is InChI=1S/C52H40BN3/c1-35-31-49-51-50(32-35)56(39-27-29-42-41-23-13-14-24-43(41)52(2,3)44(42)33-39)47-26-16-15-25-45(47)53(51)46-30-28-40(34-48(46)55(49)38-21-11-6-12-22-38)54(36-17-7-4-8-18-36)37-19-9-5-10-20-37/h4-34H,1-3H3. The maximum Gasteiger partial charge on any atom is 0.252 e. The molecular formula is C52H40BN3. The highest BCUT2D eigenvalue weighted by molar-refractivity contribution is 7.00. The fourth-order valence-corrected chi connectivity index (χ4v) is 9.77. The van der Waals surface area contributed by atoms with E-state index in [1.54, 1.807) is 0 Å². The Labute approximate surface area is 329 Å². The maximum absolute atomic E-state index is 2.53. The van der Waals surface area contributed by atoms with E-state index < -0.39 is 0 Å². The molecule has 11 rings (SSSR count). The van der Waals surface area contributed by atoms with Crippen LogP contribution in [0.1, 0.15) is 30.5 Å². The minimum Gasteiger partial charge on any atom is -0.311 e. The fraction of sp³-hybridized carbons (Fsp3) is 0.0769. The summed E-state index contributed by atoms with van der Waals surface area (Å²) in [5.41, 5.74) is 21.1. The first kappa shape index (κ1) is 32.6. The summed E-state index contributed by atoms with van der Waals surface area (Å²) < 4.78 is 0. The van der Waals surface area contributed by atoms with Gasteiger partial charge in [0.2, 0.25) is 0 Å². The highest BCUT2D eigenvalue weighted by atomic mass is 15.2. The molecule has 3 nitrogen and oxygen atoms in total. The lowest BCUT2D eigenvalue weighted by Gasteiger charge is -2.44. The van der Waals surface area contributed by atoms with Crippen molar-refractivity contribution in [1.82, 2.24) is 0 Å². The summed E-state index contributed by atoms with van der Waals surface area (Å²) in [5, 5.41) is 0. The van der Waals surface area contributed by atoms with Gasteiger partial charge in [0, 0.05) is 56.6 Å². The van der Waals surface area contributed by atoms with E-state index in [2.05, 4.69) is 224 Å². The van der Waals surface area contributed by atoms with Crippen molar-refractivity contribution >= 4 is 74.3 Å². The van der Waals surface area contributed by atoms with Crippen LogP contribution in [-0.2, 0) is 5.41 Å². The average molecular weight is 718 g/mol. The van der Waals surface area contributed by atoms with Gasteiger partial charge in [0.15, 0.2) is 0 Å². The number of rotatable bonds is 5. The SMILES string of the molecule is Cc1cc2c3c(c1)N(c1ccccc1)c1cc(N(c4ccccc4)c4ccccc4)ccc1B3c1ccccc1N2c1ccc2c(c1)C(C)(C)c1ccccc1-2. The molecule has 0 amide bonds. The summed E-state index contributed by atoms with van der Waals surface area (Å²) in [5.74, 6) is 0. The third-order valence-corrected chi connectivity index (χ3v) is 12.2. The summed E-state index contributed by atoms with van der Waals surface area (Å²) >= 11 is 0. The van der Waals surface area contributed by atoms with Gasteiger partial charge in [0.05, 0.1) is 0 Å². The smallest absolute Gasteiger partial charge is 0.252 e. The molecule has 1 aliphatic carbocycles. The average Bonchev–Trinajstić information content (AvgIpc) is 3.47. The number of benzene rings is 8. The number of anilines is 9. The third kappa shape index (κ3) is 4.78. The predicted molar refractivity (Wildman–Crippen MR) is 237 cm³/mol. The Kier molecular flexibility index (Phi) is 7.21. The maximum atomic E-state index is 2.53. The molecule has 0 spiro atoms. The third-order valence-electron chi connectivity index (χ3n) is 12.2. The molecule has 3 aliphatic rings. The van der Waals surface area contributed by atoms with Gasteiger partial charge in [-0.3, -0.25) is 0 Å². The Morgan fingerprint density at radius 2 is 1.00 bits per heavy atom. The second-order valence-corrected chi connectivity index (χ2v) is 15.9. The van der Waals surface area contributed by atoms with Crippen LogP contribution >= 0.6 is 0 Å². The summed E-state index contributed by atoms with van der Waals surface area (Å²) in [7, 11) is 0. The van der Waals surface area contributed by atoms with Crippen LogP contribution in [0.4, 0.5) is 51.2 Å². The van der Waals surface area contributed by atoms with Crippen LogP contribution in [0.3, 0.4) is 0 Å². The molecule has 0 saturated carbocycles. The molecule has 266 valence electrons. The highest BCUT2D eigenvalue weighted by Gasteiger charge is 2.44. The van der Waals surface area contributed by atoms with Gasteiger partial charge in [-0.1, -0.05) is 123 Å². The lowest BCUT2D eigenvalue weighted by atomic mass is 9.33. The second kappa shape index (κ2) is 12.4. The Morgan fingerprint density at radius 3 is 1.71 bits per heavy atom. The lowest BCUT2D eigenvalue weighted by Crippen LogP contribution is -2.61. The first-order chi connectivity index (χ1) is 27.5. The summed E-state index contributed by atoms with van der Waals surface area (Å²) in [6, 6.07) is 69.4. The molecule has 0 saturated heterocycles. The van der Waals surface area contributed by atoms with Gasteiger partial charge in [-0.15, -0.1) is 0 Å². The van der Waals surface area contributed by atoms with Gasteiger partial charge in [-0.2, -0.15) is 0 Å². The van der Waals surface area contributed by atoms with Crippen molar-refractivity contribution in [3.63, 3.8) is 0 Å². The number of hydrogen-bond acceptors (Lipinski definition) is 3. The van der Waals surface area contributed by atoms with Crippen LogP contribution < -0.4 is 31.1 Å². The van der Waals surface area contributed by atoms with Crippen molar-refractivity contribution in [2.45, 2.75) is 26.2 Å². The van der Waals surface area contributed by atoms with E-state index in [1.165, 1.54) is 72.6 Å². The fourth-order valence-electron chi connectivity index (χ4n) is 9.77. The molecule has 56 heavy (non-hydrogen) atoms. The Bertz CT molecular complexity index is 2770. The molecule has 2 heterocycles. The Hall–Kier alpha value is -6.78. The first-order valence-corrected chi connectivity index (χ1v) is 19.6. The van der Waals surface area contributed by atoms with Crippen LogP contribution in [0.5, 0.6) is 0 Å². The van der Waals surface area contributed by atoms with Crippen molar-refractivity contribution in [2.75, 3.05) is 14.7 Å². The minimum absolute atomic E-state index is 0.0501. The Balaban J connectivity index is 1.15. The van der Waals surface area contributed by atoms with E-state index in [0.717, 1.165) is 22.7 Å². The van der Waals surface area contributed by atoms with Gasteiger partial charge in [-0.25, -0.2) is 0 Å². The minimum atomic E-state index is -0.0973. The molecule has 8 aromatic carbocycles. The van der Waals surface area contributed by atoms with Gasteiger partial charge in [0.1, 0.15) is 0 Å². The van der Waals surface area contributed by atoms with Crippen LogP contribution in [0, 0.1) is 6.92 Å². The largest absolute Gasteiger partial charge is 0.311 e. The van der Waals surface area contributed by atoms with E-state index in [-0.39, 0.29) is 12.1 Å². The van der Waals surface area contributed by atoms with E-state index in [1.807, 2.05) is 0 Å². The van der Waals surface area contributed by atoms with Crippen LogP contribution in [0.2, 0.25) is 0 Å². The quantitative estimate of drug-likeness (QED) is 0.164. The van der Waals surface area contributed by atoms with Crippen molar-refractivity contribution in [3.8, 4) is 11.1 Å². The van der Waals surface area contributed by atoms with Gasteiger partial charge >= 0.3 is 0 Å². The topological polar surface area (TPSA) is 9.72 Å². The summed E-state index contributed by atoms with van der Waals surface area (Å²) in [6.07, 6.45) is 0. The molecule has 0 fully saturated rings. The molecule has 0 atom stereocenters. The zero-order valence-corrected chi connectivity index (χ0v) is 31.8. The summed E-state index contributed by atoms with van der Waals surface area (Å²) in [6.45, 7) is 7.04. The number of fused-ring (bicyclic) bond motifs is 7. The first-order valence-electron chi connectivity index (χ1n) is 19.6. The monoisotopic (exact) mass is 717 g/mol. The van der Waals surface area contributed by atoms with E-state index in [0.29, 0.717) is 0 Å². The number of aryl methyl sites for hydroxylation is 1. The second-order valence-electron chi connectivity index (χ2n) is 15.9. The van der Waals surface area contributed by atoms with Crippen molar-refractivity contribution in [2.24, 2.45) is 0 Å². The molecule has 8 aromatic rings. The molecule has 0 radical (unpaired) electrons.